The van der Waals surface area contributed by atoms with Crippen LogP contribution in [0.15, 0.2) is 24.3 Å². The maximum absolute atomic E-state index is 5.76. The van der Waals surface area contributed by atoms with Crippen LogP contribution < -0.4 is 5.73 Å². The van der Waals surface area contributed by atoms with Crippen molar-refractivity contribution in [1.82, 2.24) is 0 Å². The molecule has 0 aliphatic rings. The summed E-state index contributed by atoms with van der Waals surface area (Å²) >= 11 is 0. The van der Waals surface area contributed by atoms with Gasteiger partial charge in [0.15, 0.2) is 0 Å². The molecule has 78 valence electrons. The Morgan fingerprint density at radius 3 is 2.43 bits per heavy atom. The minimum Gasteiger partial charge on any atom is -0.330 e. The van der Waals surface area contributed by atoms with E-state index < -0.39 is 0 Å². The molecule has 0 saturated carbocycles. The highest BCUT2D eigenvalue weighted by molar-refractivity contribution is 5.31. The fourth-order valence-corrected chi connectivity index (χ4v) is 1.44. The number of rotatable bonds is 3. The number of hydrogen-bond donors (Lipinski definition) is 1. The van der Waals surface area contributed by atoms with Crippen molar-refractivity contribution in [2.24, 2.45) is 5.73 Å². The van der Waals surface area contributed by atoms with E-state index in [2.05, 4.69) is 52.0 Å². The summed E-state index contributed by atoms with van der Waals surface area (Å²) in [6.07, 6.45) is 0. The molecule has 0 unspecified atom stereocenters. The van der Waals surface area contributed by atoms with Crippen LogP contribution in [0.2, 0.25) is 0 Å². The Hall–Kier alpha value is -0.820. The fourth-order valence-electron chi connectivity index (χ4n) is 1.44. The topological polar surface area (TPSA) is 26.0 Å². The molecular formula is C13H21N. The van der Waals surface area contributed by atoms with Crippen molar-refractivity contribution in [3.8, 4) is 0 Å². The second-order valence-corrected chi connectivity index (χ2v) is 4.87. The van der Waals surface area contributed by atoms with Crippen molar-refractivity contribution < 1.29 is 0 Å². The van der Waals surface area contributed by atoms with Crippen LogP contribution in [0.5, 0.6) is 0 Å². The summed E-state index contributed by atoms with van der Waals surface area (Å²) in [6.45, 7) is 9.50. The smallest absolute Gasteiger partial charge is 0.00191 e. The lowest BCUT2D eigenvalue weighted by molar-refractivity contribution is 0.538. The molecule has 14 heavy (non-hydrogen) atoms. The van der Waals surface area contributed by atoms with Gasteiger partial charge in [-0.25, -0.2) is 0 Å². The van der Waals surface area contributed by atoms with Crippen LogP contribution in [0.4, 0.5) is 0 Å². The van der Waals surface area contributed by atoms with Crippen LogP contribution in [0, 0.1) is 0 Å². The molecule has 0 aromatic heterocycles. The van der Waals surface area contributed by atoms with Crippen LogP contribution >= 0.6 is 0 Å². The monoisotopic (exact) mass is 191 g/mol. The van der Waals surface area contributed by atoms with Gasteiger partial charge in [-0.05, 0) is 17.0 Å². The van der Waals surface area contributed by atoms with Gasteiger partial charge in [-0.3, -0.25) is 0 Å². The molecule has 0 fully saturated rings. The lowest BCUT2D eigenvalue weighted by Crippen LogP contribution is -2.28. The van der Waals surface area contributed by atoms with Crippen molar-refractivity contribution >= 4 is 0 Å². The summed E-state index contributed by atoms with van der Waals surface area (Å²) in [5.41, 5.74) is 8.58. The van der Waals surface area contributed by atoms with E-state index in [1.54, 1.807) is 0 Å². The maximum atomic E-state index is 5.76. The molecule has 0 spiro atoms. The highest BCUT2D eigenvalue weighted by Gasteiger charge is 2.18. The molecule has 1 aromatic rings. The Bertz CT molecular complexity index is 300. The molecule has 1 heteroatoms. The first kappa shape index (κ1) is 11.3. The maximum Gasteiger partial charge on any atom is 0.00191 e. The summed E-state index contributed by atoms with van der Waals surface area (Å²) in [7, 11) is 0. The van der Waals surface area contributed by atoms with E-state index in [1.165, 1.54) is 11.1 Å². The van der Waals surface area contributed by atoms with E-state index in [0.29, 0.717) is 12.5 Å². The molecular weight excluding hydrogens is 170 g/mol. The Balaban J connectivity index is 3.05. The van der Waals surface area contributed by atoms with E-state index in [0.717, 1.165) is 0 Å². The predicted molar refractivity (Wildman–Crippen MR) is 62.6 cm³/mol. The van der Waals surface area contributed by atoms with E-state index in [-0.39, 0.29) is 5.41 Å². The van der Waals surface area contributed by atoms with Crippen LogP contribution in [-0.2, 0) is 5.41 Å². The zero-order valence-electron chi connectivity index (χ0n) is 9.67. The van der Waals surface area contributed by atoms with Gasteiger partial charge in [0.2, 0.25) is 0 Å². The molecule has 0 bridgehead atoms. The Kier molecular flexibility index (Phi) is 3.33. The van der Waals surface area contributed by atoms with Crippen LogP contribution in [-0.4, -0.2) is 6.54 Å². The molecule has 1 rings (SSSR count). The highest BCUT2D eigenvalue weighted by atomic mass is 14.6. The van der Waals surface area contributed by atoms with Crippen molar-refractivity contribution in [2.75, 3.05) is 6.54 Å². The van der Waals surface area contributed by atoms with Crippen LogP contribution in [0.1, 0.15) is 44.7 Å². The first-order chi connectivity index (χ1) is 6.47. The van der Waals surface area contributed by atoms with Gasteiger partial charge in [-0.1, -0.05) is 52.0 Å². The van der Waals surface area contributed by atoms with Crippen molar-refractivity contribution in [1.29, 1.82) is 0 Å². The molecule has 0 aliphatic carbocycles. The molecule has 0 amide bonds. The van der Waals surface area contributed by atoms with Gasteiger partial charge in [0.05, 0.1) is 0 Å². The van der Waals surface area contributed by atoms with Gasteiger partial charge in [0.1, 0.15) is 0 Å². The number of hydrogen-bond acceptors (Lipinski definition) is 1. The van der Waals surface area contributed by atoms with Crippen molar-refractivity contribution in [2.45, 2.75) is 39.0 Å². The lowest BCUT2D eigenvalue weighted by Gasteiger charge is -2.24. The SMILES string of the molecule is CC(C)c1cccc(C(C)(C)CN)c1. The van der Waals surface area contributed by atoms with Gasteiger partial charge < -0.3 is 5.73 Å². The molecule has 1 aromatic carbocycles. The average Bonchev–Trinajstić information content (AvgIpc) is 2.18. The van der Waals surface area contributed by atoms with E-state index in [4.69, 9.17) is 5.73 Å². The third-order valence-electron chi connectivity index (χ3n) is 2.85. The van der Waals surface area contributed by atoms with E-state index >= 15 is 0 Å². The van der Waals surface area contributed by atoms with Gasteiger partial charge in [-0.15, -0.1) is 0 Å². The molecule has 0 radical (unpaired) electrons. The highest BCUT2D eigenvalue weighted by Crippen LogP contribution is 2.25. The molecule has 0 heterocycles. The third-order valence-corrected chi connectivity index (χ3v) is 2.85. The summed E-state index contributed by atoms with van der Waals surface area (Å²) in [5.74, 6) is 0.587. The molecule has 0 atom stereocenters. The second-order valence-electron chi connectivity index (χ2n) is 4.87. The zero-order chi connectivity index (χ0) is 10.8. The predicted octanol–water partition coefficient (Wildman–Crippen LogP) is 3.05. The van der Waals surface area contributed by atoms with Crippen LogP contribution in [0.3, 0.4) is 0 Å². The third kappa shape index (κ3) is 2.36. The summed E-state index contributed by atoms with van der Waals surface area (Å²) < 4.78 is 0. The zero-order valence-corrected chi connectivity index (χ0v) is 9.67. The molecule has 1 nitrogen and oxygen atoms in total. The first-order valence-corrected chi connectivity index (χ1v) is 5.28. The van der Waals surface area contributed by atoms with Crippen LogP contribution in [0.25, 0.3) is 0 Å². The lowest BCUT2D eigenvalue weighted by atomic mass is 9.83. The fraction of sp³-hybridized carbons (Fsp3) is 0.538. The molecule has 2 N–H and O–H groups in total. The second kappa shape index (κ2) is 4.14. The average molecular weight is 191 g/mol. The Morgan fingerprint density at radius 1 is 1.29 bits per heavy atom. The standard InChI is InChI=1S/C13H21N/c1-10(2)11-6-5-7-12(8-11)13(3,4)9-14/h5-8,10H,9,14H2,1-4H3. The summed E-state index contributed by atoms with van der Waals surface area (Å²) in [5, 5.41) is 0. The van der Waals surface area contributed by atoms with E-state index in [1.807, 2.05) is 0 Å². The van der Waals surface area contributed by atoms with E-state index in [9.17, 15) is 0 Å². The Morgan fingerprint density at radius 2 is 1.93 bits per heavy atom. The number of nitrogens with two attached hydrogens (primary N) is 1. The minimum atomic E-state index is 0.0882. The largest absolute Gasteiger partial charge is 0.330 e. The summed E-state index contributed by atoms with van der Waals surface area (Å²) in [6, 6.07) is 8.75. The quantitative estimate of drug-likeness (QED) is 0.780. The van der Waals surface area contributed by atoms with Gasteiger partial charge >= 0.3 is 0 Å². The van der Waals surface area contributed by atoms with Gasteiger partial charge in [-0.2, -0.15) is 0 Å². The Labute approximate surface area is 87.3 Å². The van der Waals surface area contributed by atoms with Crippen molar-refractivity contribution in [3.05, 3.63) is 35.4 Å². The minimum absolute atomic E-state index is 0.0882. The molecule has 0 aliphatic heterocycles. The van der Waals surface area contributed by atoms with Gasteiger partial charge in [0, 0.05) is 12.0 Å². The number of benzene rings is 1. The van der Waals surface area contributed by atoms with Crippen molar-refractivity contribution in [3.63, 3.8) is 0 Å². The molecule has 0 saturated heterocycles. The normalized spacial score (nSPS) is 12.1. The first-order valence-electron chi connectivity index (χ1n) is 5.28. The summed E-state index contributed by atoms with van der Waals surface area (Å²) in [4.78, 5) is 0. The van der Waals surface area contributed by atoms with Gasteiger partial charge in [0.25, 0.3) is 0 Å².